The Labute approximate surface area is 162 Å². The molecular weight excluding hydrogens is 356 g/mol. The molecule has 0 atom stereocenters. The second-order valence-electron chi connectivity index (χ2n) is 6.81. The van der Waals surface area contributed by atoms with Crippen molar-refractivity contribution < 1.29 is 18.5 Å². The summed E-state index contributed by atoms with van der Waals surface area (Å²) in [5, 5.41) is 4.90. The number of aryl methyl sites for hydroxylation is 3. The minimum absolute atomic E-state index is 0.0639. The third-order valence-corrected chi connectivity index (χ3v) is 4.89. The molecule has 0 fully saturated rings. The summed E-state index contributed by atoms with van der Waals surface area (Å²) in [5.74, 6) is 0.363. The van der Waals surface area contributed by atoms with Gasteiger partial charge in [-0.05, 0) is 37.5 Å². The smallest absolute Gasteiger partial charge is 0.310 e. The fraction of sp³-hybridized carbons (Fsp3) is 0.227. The number of ether oxygens (including phenoxy) is 1. The van der Waals surface area contributed by atoms with Crippen LogP contribution in [-0.2, 0) is 22.6 Å². The Morgan fingerprint density at radius 3 is 2.71 bits per heavy atom. The molecule has 4 aromatic rings. The van der Waals surface area contributed by atoms with E-state index in [1.54, 1.807) is 6.26 Å². The van der Waals surface area contributed by atoms with E-state index in [-0.39, 0.29) is 24.9 Å². The van der Waals surface area contributed by atoms with Gasteiger partial charge in [0.25, 0.3) is 5.89 Å². The summed E-state index contributed by atoms with van der Waals surface area (Å²) in [7, 11) is 0. The van der Waals surface area contributed by atoms with Gasteiger partial charge in [0, 0.05) is 16.5 Å². The Morgan fingerprint density at radius 1 is 1.07 bits per heavy atom. The largest absolute Gasteiger partial charge is 0.464 e. The highest BCUT2D eigenvalue weighted by Crippen LogP contribution is 2.27. The summed E-state index contributed by atoms with van der Waals surface area (Å²) in [5.41, 5.74) is 5.77. The van der Waals surface area contributed by atoms with Gasteiger partial charge in [-0.3, -0.25) is 4.79 Å². The molecule has 4 rings (SSSR count). The minimum Gasteiger partial charge on any atom is -0.464 e. The molecule has 2 aromatic carbocycles. The van der Waals surface area contributed by atoms with Crippen LogP contribution in [-0.4, -0.2) is 16.1 Å². The fourth-order valence-electron chi connectivity index (χ4n) is 3.12. The molecule has 142 valence electrons. The van der Waals surface area contributed by atoms with Gasteiger partial charge >= 0.3 is 5.97 Å². The maximum Gasteiger partial charge on any atom is 0.310 e. The van der Waals surface area contributed by atoms with E-state index in [1.165, 1.54) is 0 Å². The predicted molar refractivity (Wildman–Crippen MR) is 104 cm³/mol. The first kappa shape index (κ1) is 18.0. The lowest BCUT2D eigenvalue weighted by Crippen LogP contribution is -2.08. The zero-order chi connectivity index (χ0) is 19.7. The molecule has 0 saturated carbocycles. The lowest BCUT2D eigenvalue weighted by molar-refractivity contribution is -0.144. The number of esters is 1. The molecule has 0 saturated heterocycles. The zero-order valence-corrected chi connectivity index (χ0v) is 16.0. The van der Waals surface area contributed by atoms with E-state index in [2.05, 4.69) is 10.1 Å². The summed E-state index contributed by atoms with van der Waals surface area (Å²) < 4.78 is 16.1. The van der Waals surface area contributed by atoms with Gasteiger partial charge in [0.1, 0.15) is 5.58 Å². The number of rotatable bonds is 5. The monoisotopic (exact) mass is 376 g/mol. The van der Waals surface area contributed by atoms with Gasteiger partial charge < -0.3 is 13.7 Å². The lowest BCUT2D eigenvalue weighted by Gasteiger charge is -2.02. The normalized spacial score (nSPS) is 11.1. The van der Waals surface area contributed by atoms with E-state index in [0.717, 1.165) is 38.8 Å². The molecule has 0 aliphatic heterocycles. The number of carbonyl (C=O) groups excluding carboxylic acids is 1. The summed E-state index contributed by atoms with van der Waals surface area (Å²) in [6.07, 6.45) is 1.73. The highest BCUT2D eigenvalue weighted by Gasteiger charge is 2.16. The van der Waals surface area contributed by atoms with Crippen molar-refractivity contribution in [3.63, 3.8) is 0 Å². The van der Waals surface area contributed by atoms with Crippen LogP contribution in [0.25, 0.3) is 22.4 Å². The number of fused-ring (bicyclic) bond motifs is 1. The summed E-state index contributed by atoms with van der Waals surface area (Å²) >= 11 is 0. The summed E-state index contributed by atoms with van der Waals surface area (Å²) in [6, 6.07) is 11.7. The molecule has 0 amide bonds. The predicted octanol–water partition coefficient (Wildman–Crippen LogP) is 4.69. The van der Waals surface area contributed by atoms with Gasteiger partial charge in [0.05, 0.1) is 12.7 Å². The van der Waals surface area contributed by atoms with E-state index in [9.17, 15) is 4.79 Å². The number of carbonyl (C=O) groups is 1. The first-order valence-electron chi connectivity index (χ1n) is 9.03. The van der Waals surface area contributed by atoms with E-state index < -0.39 is 0 Å². The number of furan rings is 1. The molecule has 6 nitrogen and oxygen atoms in total. The third-order valence-electron chi connectivity index (χ3n) is 4.89. The van der Waals surface area contributed by atoms with Crippen molar-refractivity contribution in [2.24, 2.45) is 0 Å². The maximum absolute atomic E-state index is 12.3. The van der Waals surface area contributed by atoms with Crippen LogP contribution >= 0.6 is 0 Å². The Bertz CT molecular complexity index is 1160. The molecule has 0 spiro atoms. The lowest BCUT2D eigenvalue weighted by atomic mass is 10.0. The number of benzene rings is 2. The van der Waals surface area contributed by atoms with Crippen LogP contribution in [0.1, 0.15) is 28.1 Å². The number of nitrogens with zero attached hydrogens (tertiary/aromatic N) is 2. The second-order valence-corrected chi connectivity index (χ2v) is 6.81. The molecule has 0 unspecified atom stereocenters. The van der Waals surface area contributed by atoms with Crippen LogP contribution in [0.3, 0.4) is 0 Å². The highest BCUT2D eigenvalue weighted by molar-refractivity contribution is 5.88. The molecule has 0 radical (unpaired) electrons. The molecule has 2 heterocycles. The van der Waals surface area contributed by atoms with Gasteiger partial charge in [-0.1, -0.05) is 41.6 Å². The van der Waals surface area contributed by atoms with Crippen LogP contribution in [0.4, 0.5) is 0 Å². The maximum atomic E-state index is 12.3. The fourth-order valence-corrected chi connectivity index (χ4v) is 3.12. The number of hydrogen-bond donors (Lipinski definition) is 0. The quantitative estimate of drug-likeness (QED) is 0.470. The topological polar surface area (TPSA) is 78.4 Å². The summed E-state index contributed by atoms with van der Waals surface area (Å²) in [6.45, 7) is 5.95. The number of hydrogen-bond acceptors (Lipinski definition) is 6. The third kappa shape index (κ3) is 3.41. The minimum atomic E-state index is -0.378. The standard InChI is InChI=1S/C22H20N2O4/c1-13-8-9-18-16(11-27-21(18)15(13)3)10-20(25)26-12-19-23-22(24-28-19)17-7-5-4-6-14(17)2/h4-9,11H,10,12H2,1-3H3. The van der Waals surface area contributed by atoms with Crippen molar-refractivity contribution in [2.75, 3.05) is 0 Å². The van der Waals surface area contributed by atoms with Crippen LogP contribution in [0, 0.1) is 20.8 Å². The van der Waals surface area contributed by atoms with Gasteiger partial charge in [0.2, 0.25) is 5.82 Å². The first-order chi connectivity index (χ1) is 13.5. The second kappa shape index (κ2) is 7.31. The molecule has 0 N–H and O–H groups in total. The van der Waals surface area contributed by atoms with Gasteiger partial charge in [-0.2, -0.15) is 4.98 Å². The van der Waals surface area contributed by atoms with Gasteiger partial charge in [-0.15, -0.1) is 0 Å². The number of aromatic nitrogens is 2. The van der Waals surface area contributed by atoms with Crippen molar-refractivity contribution in [3.05, 3.63) is 70.8 Å². The van der Waals surface area contributed by atoms with E-state index in [0.29, 0.717) is 5.82 Å². The molecular formula is C22H20N2O4. The van der Waals surface area contributed by atoms with Crippen LogP contribution in [0.5, 0.6) is 0 Å². The molecule has 0 aliphatic rings. The highest BCUT2D eigenvalue weighted by atomic mass is 16.6. The Hall–Kier alpha value is -3.41. The van der Waals surface area contributed by atoms with Gasteiger partial charge in [-0.25, -0.2) is 0 Å². The molecule has 0 bridgehead atoms. The average Bonchev–Trinajstić information content (AvgIpc) is 3.31. The van der Waals surface area contributed by atoms with Crippen molar-refractivity contribution in [1.82, 2.24) is 10.1 Å². The SMILES string of the molecule is Cc1ccccc1-c1noc(COC(=O)Cc2coc3c(C)c(C)ccc23)n1. The Balaban J connectivity index is 1.42. The molecule has 2 aromatic heterocycles. The van der Waals surface area contributed by atoms with Crippen LogP contribution < -0.4 is 0 Å². The van der Waals surface area contributed by atoms with Gasteiger partial charge in [0.15, 0.2) is 6.61 Å². The average molecular weight is 376 g/mol. The first-order valence-corrected chi connectivity index (χ1v) is 9.03. The molecule has 28 heavy (non-hydrogen) atoms. The molecule has 0 aliphatic carbocycles. The van der Waals surface area contributed by atoms with Crippen molar-refractivity contribution in [3.8, 4) is 11.4 Å². The zero-order valence-electron chi connectivity index (χ0n) is 16.0. The van der Waals surface area contributed by atoms with E-state index in [1.807, 2.05) is 57.2 Å². The van der Waals surface area contributed by atoms with Crippen LogP contribution in [0.15, 0.2) is 51.6 Å². The summed E-state index contributed by atoms with van der Waals surface area (Å²) in [4.78, 5) is 16.6. The van der Waals surface area contributed by atoms with E-state index >= 15 is 0 Å². The van der Waals surface area contributed by atoms with Crippen LogP contribution in [0.2, 0.25) is 0 Å². The van der Waals surface area contributed by atoms with Crippen molar-refractivity contribution >= 4 is 16.9 Å². The van der Waals surface area contributed by atoms with Crippen molar-refractivity contribution in [2.45, 2.75) is 33.8 Å². The Morgan fingerprint density at radius 2 is 1.89 bits per heavy atom. The Kier molecular flexibility index (Phi) is 4.69. The van der Waals surface area contributed by atoms with E-state index in [4.69, 9.17) is 13.7 Å². The molecule has 6 heteroatoms. The van der Waals surface area contributed by atoms with Crippen molar-refractivity contribution in [1.29, 1.82) is 0 Å².